The van der Waals surface area contributed by atoms with Gasteiger partial charge < -0.3 is 15.8 Å². The SMILES string of the molecule is COc1ccc(F)cc1C1CC(C)NCC1CN. The van der Waals surface area contributed by atoms with E-state index in [4.69, 9.17) is 10.5 Å². The molecule has 1 aromatic rings. The van der Waals surface area contributed by atoms with Gasteiger partial charge in [0.2, 0.25) is 0 Å². The van der Waals surface area contributed by atoms with Gasteiger partial charge in [-0.2, -0.15) is 0 Å². The van der Waals surface area contributed by atoms with Gasteiger partial charge in [-0.15, -0.1) is 0 Å². The van der Waals surface area contributed by atoms with Crippen molar-refractivity contribution in [3.05, 3.63) is 29.6 Å². The van der Waals surface area contributed by atoms with Crippen LogP contribution in [0.2, 0.25) is 0 Å². The lowest BCUT2D eigenvalue weighted by Gasteiger charge is -2.36. The topological polar surface area (TPSA) is 47.3 Å². The predicted octanol–water partition coefficient (Wildman–Crippen LogP) is 1.87. The Labute approximate surface area is 108 Å². The van der Waals surface area contributed by atoms with Gasteiger partial charge in [0, 0.05) is 11.6 Å². The van der Waals surface area contributed by atoms with Crippen LogP contribution in [-0.4, -0.2) is 26.2 Å². The Hall–Kier alpha value is -1.13. The van der Waals surface area contributed by atoms with Gasteiger partial charge in [0.05, 0.1) is 7.11 Å². The first-order valence-electron chi connectivity index (χ1n) is 6.42. The first-order chi connectivity index (χ1) is 8.65. The summed E-state index contributed by atoms with van der Waals surface area (Å²) in [5.74, 6) is 1.13. The van der Waals surface area contributed by atoms with E-state index in [1.165, 1.54) is 6.07 Å². The third-order valence-electron chi connectivity index (χ3n) is 3.80. The van der Waals surface area contributed by atoms with Crippen LogP contribution in [0.15, 0.2) is 18.2 Å². The molecule has 1 fully saturated rings. The molecule has 18 heavy (non-hydrogen) atoms. The summed E-state index contributed by atoms with van der Waals surface area (Å²) in [5.41, 5.74) is 6.78. The number of methoxy groups -OCH3 is 1. The fourth-order valence-corrected chi connectivity index (χ4v) is 2.77. The largest absolute Gasteiger partial charge is 0.496 e. The standard InChI is InChI=1S/C14H21FN2O/c1-9-5-12(10(7-16)8-17-9)13-6-11(15)3-4-14(13)18-2/h3-4,6,9-10,12,17H,5,7-8,16H2,1-2H3. The highest BCUT2D eigenvalue weighted by Crippen LogP contribution is 2.37. The van der Waals surface area contributed by atoms with Crippen LogP contribution in [0.25, 0.3) is 0 Å². The molecule has 0 amide bonds. The number of nitrogens with two attached hydrogens (primary N) is 1. The van der Waals surface area contributed by atoms with E-state index >= 15 is 0 Å². The van der Waals surface area contributed by atoms with Crippen molar-refractivity contribution in [3.8, 4) is 5.75 Å². The molecule has 0 bridgehead atoms. The number of halogens is 1. The smallest absolute Gasteiger partial charge is 0.123 e. The number of nitrogens with one attached hydrogen (secondary N) is 1. The van der Waals surface area contributed by atoms with E-state index in [2.05, 4.69) is 12.2 Å². The Morgan fingerprint density at radius 3 is 2.94 bits per heavy atom. The van der Waals surface area contributed by atoms with Gasteiger partial charge in [-0.3, -0.25) is 0 Å². The third-order valence-corrected chi connectivity index (χ3v) is 3.80. The number of piperidine rings is 1. The van der Waals surface area contributed by atoms with Crippen molar-refractivity contribution in [2.24, 2.45) is 11.7 Å². The molecule has 1 aromatic carbocycles. The maximum absolute atomic E-state index is 13.5. The minimum atomic E-state index is -0.215. The molecule has 1 aliphatic heterocycles. The molecule has 0 saturated carbocycles. The molecule has 3 N–H and O–H groups in total. The minimum absolute atomic E-state index is 0.215. The molecular formula is C14H21FN2O. The first kappa shape index (κ1) is 13.3. The van der Waals surface area contributed by atoms with Crippen LogP contribution in [0.3, 0.4) is 0 Å². The van der Waals surface area contributed by atoms with E-state index < -0.39 is 0 Å². The zero-order valence-corrected chi connectivity index (χ0v) is 10.9. The summed E-state index contributed by atoms with van der Waals surface area (Å²) in [7, 11) is 1.62. The number of hydrogen-bond acceptors (Lipinski definition) is 3. The second-order valence-electron chi connectivity index (χ2n) is 5.03. The molecular weight excluding hydrogens is 231 g/mol. The minimum Gasteiger partial charge on any atom is -0.496 e. The van der Waals surface area contributed by atoms with Crippen molar-refractivity contribution in [1.82, 2.24) is 5.32 Å². The maximum Gasteiger partial charge on any atom is 0.123 e. The van der Waals surface area contributed by atoms with Gasteiger partial charge in [0.1, 0.15) is 11.6 Å². The second kappa shape index (κ2) is 5.67. The Morgan fingerprint density at radius 2 is 2.28 bits per heavy atom. The molecule has 100 valence electrons. The van der Waals surface area contributed by atoms with Crippen LogP contribution in [0, 0.1) is 11.7 Å². The lowest BCUT2D eigenvalue weighted by Crippen LogP contribution is -2.44. The predicted molar refractivity (Wildman–Crippen MR) is 70.3 cm³/mol. The molecule has 4 heteroatoms. The van der Waals surface area contributed by atoms with Crippen molar-refractivity contribution in [1.29, 1.82) is 0 Å². The van der Waals surface area contributed by atoms with Gasteiger partial charge >= 0.3 is 0 Å². The monoisotopic (exact) mass is 252 g/mol. The highest BCUT2D eigenvalue weighted by atomic mass is 19.1. The first-order valence-corrected chi connectivity index (χ1v) is 6.42. The van der Waals surface area contributed by atoms with Gasteiger partial charge in [-0.05, 0) is 56.5 Å². The number of rotatable bonds is 3. The van der Waals surface area contributed by atoms with Gasteiger partial charge in [-0.25, -0.2) is 4.39 Å². The van der Waals surface area contributed by atoms with Crippen LogP contribution in [0.5, 0.6) is 5.75 Å². The zero-order chi connectivity index (χ0) is 13.1. The normalized spacial score (nSPS) is 28.1. The van der Waals surface area contributed by atoms with E-state index in [-0.39, 0.29) is 11.7 Å². The Bertz CT molecular complexity index is 411. The fraction of sp³-hybridized carbons (Fsp3) is 0.571. The molecule has 0 aromatic heterocycles. The molecule has 3 nitrogen and oxygen atoms in total. The lowest BCUT2D eigenvalue weighted by atomic mass is 9.78. The summed E-state index contributed by atoms with van der Waals surface area (Å²) in [6.45, 7) is 3.62. The number of hydrogen-bond donors (Lipinski definition) is 2. The van der Waals surface area contributed by atoms with Crippen LogP contribution in [0.4, 0.5) is 4.39 Å². The summed E-state index contributed by atoms with van der Waals surface area (Å²) in [4.78, 5) is 0. The van der Waals surface area contributed by atoms with E-state index in [0.717, 1.165) is 24.3 Å². The fourth-order valence-electron chi connectivity index (χ4n) is 2.77. The lowest BCUT2D eigenvalue weighted by molar-refractivity contribution is 0.277. The Morgan fingerprint density at radius 1 is 1.50 bits per heavy atom. The average Bonchev–Trinajstić information content (AvgIpc) is 2.38. The van der Waals surface area contributed by atoms with Crippen LogP contribution < -0.4 is 15.8 Å². The van der Waals surface area contributed by atoms with Crippen molar-refractivity contribution >= 4 is 0 Å². The average molecular weight is 252 g/mol. The molecule has 0 aliphatic carbocycles. The molecule has 1 aliphatic rings. The Kier molecular flexibility index (Phi) is 4.19. The van der Waals surface area contributed by atoms with Crippen molar-refractivity contribution in [2.75, 3.05) is 20.2 Å². The van der Waals surface area contributed by atoms with E-state index in [1.807, 2.05) is 0 Å². The molecule has 3 unspecified atom stereocenters. The van der Waals surface area contributed by atoms with Crippen molar-refractivity contribution in [2.45, 2.75) is 25.3 Å². The van der Waals surface area contributed by atoms with E-state index in [1.54, 1.807) is 19.2 Å². The summed E-state index contributed by atoms with van der Waals surface area (Å²) >= 11 is 0. The van der Waals surface area contributed by atoms with Gasteiger partial charge in [0.15, 0.2) is 0 Å². The summed E-state index contributed by atoms with van der Waals surface area (Å²) in [6.07, 6.45) is 0.960. The highest BCUT2D eigenvalue weighted by Gasteiger charge is 2.30. The van der Waals surface area contributed by atoms with Gasteiger partial charge in [0.25, 0.3) is 0 Å². The van der Waals surface area contributed by atoms with Crippen LogP contribution in [-0.2, 0) is 0 Å². The van der Waals surface area contributed by atoms with Crippen molar-refractivity contribution < 1.29 is 9.13 Å². The zero-order valence-electron chi connectivity index (χ0n) is 10.9. The quantitative estimate of drug-likeness (QED) is 0.863. The van der Waals surface area contributed by atoms with Gasteiger partial charge in [-0.1, -0.05) is 0 Å². The maximum atomic E-state index is 13.5. The molecule has 1 heterocycles. The second-order valence-corrected chi connectivity index (χ2v) is 5.03. The van der Waals surface area contributed by atoms with Crippen LogP contribution in [0.1, 0.15) is 24.8 Å². The van der Waals surface area contributed by atoms with Crippen molar-refractivity contribution in [3.63, 3.8) is 0 Å². The molecule has 2 rings (SSSR count). The highest BCUT2D eigenvalue weighted by molar-refractivity contribution is 5.37. The molecule has 1 saturated heterocycles. The number of benzene rings is 1. The molecule has 3 atom stereocenters. The van der Waals surface area contributed by atoms with E-state index in [0.29, 0.717) is 18.5 Å². The van der Waals surface area contributed by atoms with Crippen LogP contribution >= 0.6 is 0 Å². The molecule has 0 spiro atoms. The number of ether oxygens (including phenoxy) is 1. The summed E-state index contributed by atoms with van der Waals surface area (Å²) in [6, 6.07) is 5.14. The Balaban J connectivity index is 2.34. The summed E-state index contributed by atoms with van der Waals surface area (Å²) in [5, 5.41) is 3.42. The molecule has 0 radical (unpaired) electrons. The van der Waals surface area contributed by atoms with E-state index in [9.17, 15) is 4.39 Å². The third kappa shape index (κ3) is 2.65. The summed E-state index contributed by atoms with van der Waals surface area (Å²) < 4.78 is 18.8.